The van der Waals surface area contributed by atoms with Crippen LogP contribution in [0.2, 0.25) is 0 Å². The first kappa shape index (κ1) is 15.8. The van der Waals surface area contributed by atoms with Gasteiger partial charge in [-0.3, -0.25) is 4.79 Å². The van der Waals surface area contributed by atoms with Gasteiger partial charge in [-0.15, -0.1) is 0 Å². The third kappa shape index (κ3) is 4.38. The van der Waals surface area contributed by atoms with Gasteiger partial charge in [-0.2, -0.15) is 0 Å². The number of carboxylic acid groups (broad SMARTS) is 1. The van der Waals surface area contributed by atoms with Gasteiger partial charge in [0.2, 0.25) is 0 Å². The Morgan fingerprint density at radius 1 is 1.37 bits per heavy atom. The molecule has 0 aromatic rings. The average Bonchev–Trinajstić information content (AvgIpc) is 2.31. The molecule has 0 radical (unpaired) electrons. The Morgan fingerprint density at radius 2 is 2.00 bits per heavy atom. The van der Waals surface area contributed by atoms with E-state index in [2.05, 4.69) is 17.1 Å². The van der Waals surface area contributed by atoms with Crippen molar-refractivity contribution in [3.05, 3.63) is 0 Å². The van der Waals surface area contributed by atoms with Gasteiger partial charge in [-0.1, -0.05) is 13.8 Å². The lowest BCUT2D eigenvalue weighted by Crippen LogP contribution is -2.55. The monoisotopic (exact) mass is 271 g/mol. The molecule has 1 fully saturated rings. The largest absolute Gasteiger partial charge is 0.481 e. The second kappa shape index (κ2) is 6.75. The molecule has 0 spiro atoms. The Bertz CT molecular complexity index is 333. The quantitative estimate of drug-likeness (QED) is 0.789. The first-order chi connectivity index (χ1) is 8.82. The molecule has 1 aliphatic heterocycles. The van der Waals surface area contributed by atoms with Gasteiger partial charge in [0.25, 0.3) is 0 Å². The van der Waals surface area contributed by atoms with Crippen LogP contribution >= 0.6 is 0 Å². The molecule has 2 N–H and O–H groups in total. The Labute approximate surface area is 114 Å². The van der Waals surface area contributed by atoms with Crippen LogP contribution < -0.4 is 5.32 Å². The van der Waals surface area contributed by atoms with Crippen LogP contribution in [0.3, 0.4) is 0 Å². The standard InChI is InChI=1S/C13H25N3O3/c1-9(2)11(12(17)18)7-14-13(19)16-6-5-15(4)10(3)8-16/h9-11H,5-8H2,1-4H3,(H,14,19)(H,17,18). The summed E-state index contributed by atoms with van der Waals surface area (Å²) in [5, 5.41) is 11.8. The lowest BCUT2D eigenvalue weighted by molar-refractivity contribution is -0.142. The Kier molecular flexibility index (Phi) is 5.60. The van der Waals surface area contributed by atoms with Crippen LogP contribution in [-0.4, -0.2) is 66.2 Å². The molecular weight excluding hydrogens is 246 g/mol. The molecule has 2 amide bonds. The average molecular weight is 271 g/mol. The fourth-order valence-corrected chi connectivity index (χ4v) is 2.15. The maximum absolute atomic E-state index is 12.0. The zero-order chi connectivity index (χ0) is 14.6. The molecule has 0 aliphatic carbocycles. The summed E-state index contributed by atoms with van der Waals surface area (Å²) in [7, 11) is 2.04. The van der Waals surface area contributed by atoms with Gasteiger partial charge in [0, 0.05) is 32.2 Å². The van der Waals surface area contributed by atoms with Gasteiger partial charge in [-0.25, -0.2) is 4.79 Å². The van der Waals surface area contributed by atoms with Crippen molar-refractivity contribution >= 4 is 12.0 Å². The lowest BCUT2D eigenvalue weighted by Gasteiger charge is -2.37. The van der Waals surface area contributed by atoms with E-state index in [4.69, 9.17) is 5.11 Å². The maximum Gasteiger partial charge on any atom is 0.317 e. The van der Waals surface area contributed by atoms with Crippen molar-refractivity contribution < 1.29 is 14.7 Å². The van der Waals surface area contributed by atoms with E-state index in [0.717, 1.165) is 6.54 Å². The van der Waals surface area contributed by atoms with Gasteiger partial charge in [0.1, 0.15) is 0 Å². The summed E-state index contributed by atoms with van der Waals surface area (Å²) in [6.07, 6.45) is 0. The molecule has 0 saturated carbocycles. The van der Waals surface area contributed by atoms with Gasteiger partial charge in [-0.05, 0) is 19.9 Å². The highest BCUT2D eigenvalue weighted by Crippen LogP contribution is 2.11. The number of aliphatic carboxylic acids is 1. The van der Waals surface area contributed by atoms with Gasteiger partial charge >= 0.3 is 12.0 Å². The van der Waals surface area contributed by atoms with Crippen LogP contribution in [0.4, 0.5) is 4.79 Å². The highest BCUT2D eigenvalue weighted by molar-refractivity contribution is 5.76. The number of hydrogen-bond donors (Lipinski definition) is 2. The van der Waals surface area contributed by atoms with Gasteiger partial charge in [0.05, 0.1) is 5.92 Å². The number of nitrogens with zero attached hydrogens (tertiary/aromatic N) is 2. The number of piperazine rings is 1. The summed E-state index contributed by atoms with van der Waals surface area (Å²) in [4.78, 5) is 27.0. The summed E-state index contributed by atoms with van der Waals surface area (Å²) in [6, 6.07) is 0.173. The van der Waals surface area contributed by atoms with Crippen LogP contribution in [-0.2, 0) is 4.79 Å². The topological polar surface area (TPSA) is 72.9 Å². The van der Waals surface area contributed by atoms with E-state index in [1.807, 2.05) is 20.9 Å². The minimum absolute atomic E-state index is 0.00390. The molecule has 110 valence electrons. The van der Waals surface area contributed by atoms with Crippen LogP contribution in [0.25, 0.3) is 0 Å². The number of nitrogens with one attached hydrogen (secondary N) is 1. The minimum Gasteiger partial charge on any atom is -0.481 e. The Balaban J connectivity index is 2.45. The number of likely N-dealkylation sites (N-methyl/N-ethyl adjacent to an activating group) is 1. The predicted molar refractivity (Wildman–Crippen MR) is 73.0 cm³/mol. The fraction of sp³-hybridized carbons (Fsp3) is 0.846. The van der Waals surface area contributed by atoms with Crippen molar-refractivity contribution in [1.29, 1.82) is 0 Å². The van der Waals surface area contributed by atoms with Crippen molar-refractivity contribution in [2.24, 2.45) is 11.8 Å². The van der Waals surface area contributed by atoms with Gasteiger partial charge < -0.3 is 20.2 Å². The Hall–Kier alpha value is -1.30. The molecule has 1 rings (SSSR count). The third-order valence-corrected chi connectivity index (χ3v) is 3.84. The van der Waals surface area contributed by atoms with E-state index in [9.17, 15) is 9.59 Å². The molecule has 0 aromatic carbocycles. The smallest absolute Gasteiger partial charge is 0.317 e. The van der Waals surface area contributed by atoms with E-state index in [1.54, 1.807) is 4.90 Å². The first-order valence-electron chi connectivity index (χ1n) is 6.78. The number of hydrogen-bond acceptors (Lipinski definition) is 3. The van der Waals surface area contributed by atoms with Crippen LogP contribution in [0.5, 0.6) is 0 Å². The second-order valence-corrected chi connectivity index (χ2v) is 5.65. The number of carboxylic acids is 1. The molecule has 0 aromatic heterocycles. The molecule has 1 aliphatic rings. The Morgan fingerprint density at radius 3 is 2.47 bits per heavy atom. The minimum atomic E-state index is -0.859. The molecule has 2 atom stereocenters. The highest BCUT2D eigenvalue weighted by atomic mass is 16.4. The second-order valence-electron chi connectivity index (χ2n) is 5.65. The van der Waals surface area contributed by atoms with Gasteiger partial charge in [0.15, 0.2) is 0 Å². The number of urea groups is 1. The van der Waals surface area contributed by atoms with Crippen LogP contribution in [0.1, 0.15) is 20.8 Å². The van der Waals surface area contributed by atoms with Crippen LogP contribution in [0.15, 0.2) is 0 Å². The summed E-state index contributed by atoms with van der Waals surface area (Å²) < 4.78 is 0. The molecule has 19 heavy (non-hydrogen) atoms. The van der Waals surface area contributed by atoms with Crippen molar-refractivity contribution in [3.63, 3.8) is 0 Å². The van der Waals surface area contributed by atoms with E-state index >= 15 is 0 Å². The van der Waals surface area contributed by atoms with E-state index < -0.39 is 11.9 Å². The number of rotatable bonds is 4. The molecule has 1 heterocycles. The molecule has 1 saturated heterocycles. The molecular formula is C13H25N3O3. The third-order valence-electron chi connectivity index (χ3n) is 3.84. The summed E-state index contributed by atoms with van der Waals surface area (Å²) in [5.41, 5.74) is 0. The fourth-order valence-electron chi connectivity index (χ4n) is 2.15. The van der Waals surface area contributed by atoms with Crippen molar-refractivity contribution in [2.75, 3.05) is 33.2 Å². The summed E-state index contributed by atoms with van der Waals surface area (Å²) in [5.74, 6) is -1.39. The SMILES string of the molecule is CC(C)C(CNC(=O)N1CCN(C)C(C)C1)C(=O)O. The first-order valence-corrected chi connectivity index (χ1v) is 6.78. The van der Waals surface area contributed by atoms with E-state index in [0.29, 0.717) is 19.1 Å². The molecule has 2 unspecified atom stereocenters. The summed E-state index contributed by atoms with van der Waals surface area (Å²) in [6.45, 7) is 8.18. The lowest BCUT2D eigenvalue weighted by atomic mass is 9.96. The van der Waals surface area contributed by atoms with E-state index in [-0.39, 0.29) is 18.5 Å². The van der Waals surface area contributed by atoms with E-state index in [1.165, 1.54) is 0 Å². The molecule has 0 bridgehead atoms. The van der Waals surface area contributed by atoms with Crippen LogP contribution in [0, 0.1) is 11.8 Å². The summed E-state index contributed by atoms with van der Waals surface area (Å²) >= 11 is 0. The maximum atomic E-state index is 12.0. The zero-order valence-corrected chi connectivity index (χ0v) is 12.2. The van der Waals surface area contributed by atoms with Crippen molar-refractivity contribution in [3.8, 4) is 0 Å². The number of carbonyl (C=O) groups excluding carboxylic acids is 1. The van der Waals surface area contributed by atoms with Crippen molar-refractivity contribution in [1.82, 2.24) is 15.1 Å². The normalized spacial score (nSPS) is 22.4. The predicted octanol–water partition coefficient (Wildman–Crippen LogP) is 0.689. The molecule has 6 nitrogen and oxygen atoms in total. The van der Waals surface area contributed by atoms with Crippen molar-refractivity contribution in [2.45, 2.75) is 26.8 Å². The number of amides is 2. The molecule has 6 heteroatoms. The zero-order valence-electron chi connectivity index (χ0n) is 12.2. The highest BCUT2D eigenvalue weighted by Gasteiger charge is 2.26. The number of carbonyl (C=O) groups is 2.